The number of hydrogen-bond acceptors (Lipinski definition) is 5. The Morgan fingerprint density at radius 1 is 1.24 bits per heavy atom. The van der Waals surface area contributed by atoms with Crippen LogP contribution in [-0.4, -0.2) is 32.5 Å². The maximum absolute atomic E-state index is 13.1. The molecular weight excluding hydrogens is 394 g/mol. The summed E-state index contributed by atoms with van der Waals surface area (Å²) in [6.45, 7) is 2.39. The number of carbonyl (C=O) groups is 1. The van der Waals surface area contributed by atoms with E-state index in [0.29, 0.717) is 23.7 Å². The van der Waals surface area contributed by atoms with Crippen molar-refractivity contribution in [3.8, 4) is 0 Å². The summed E-state index contributed by atoms with van der Waals surface area (Å²) in [5.74, 6) is 0.0232. The number of nitrogens with two attached hydrogens (primary N) is 1. The van der Waals surface area contributed by atoms with Gasteiger partial charge < -0.3 is 11.1 Å². The molecule has 1 amide bonds. The van der Waals surface area contributed by atoms with Crippen LogP contribution in [0.2, 0.25) is 0 Å². The average molecular weight is 422 g/mol. The predicted octanol–water partition coefficient (Wildman–Crippen LogP) is 1.79. The SMILES string of the molecule is CCCn1c(=O)[nH]c(=O)c2c(C(=O)NC3CCC(N)CC3)cc(C3CC3)nc21.Cl. The minimum absolute atomic E-state index is 0. The van der Waals surface area contributed by atoms with Crippen molar-refractivity contribution in [1.82, 2.24) is 19.9 Å². The molecule has 2 aliphatic rings. The Hall–Kier alpha value is -2.19. The molecule has 2 aliphatic carbocycles. The average Bonchev–Trinajstić information content (AvgIpc) is 3.51. The van der Waals surface area contributed by atoms with Crippen molar-refractivity contribution in [2.75, 3.05) is 0 Å². The third kappa shape index (κ3) is 4.38. The second kappa shape index (κ2) is 8.67. The first-order valence-electron chi connectivity index (χ1n) is 10.2. The first kappa shape index (κ1) is 21.5. The van der Waals surface area contributed by atoms with Crippen molar-refractivity contribution in [2.45, 2.75) is 76.4 Å². The van der Waals surface area contributed by atoms with Crippen molar-refractivity contribution in [3.63, 3.8) is 0 Å². The molecule has 0 atom stereocenters. The van der Waals surface area contributed by atoms with E-state index in [2.05, 4.69) is 15.3 Å². The molecule has 0 bridgehead atoms. The molecule has 4 N–H and O–H groups in total. The number of pyridine rings is 1. The van der Waals surface area contributed by atoms with Gasteiger partial charge in [0, 0.05) is 30.2 Å². The molecule has 2 aromatic heterocycles. The Bertz CT molecular complexity index is 1020. The van der Waals surface area contributed by atoms with Crippen LogP contribution in [0.25, 0.3) is 11.0 Å². The van der Waals surface area contributed by atoms with E-state index in [1.54, 1.807) is 6.07 Å². The Labute approximate surface area is 174 Å². The number of aromatic amines is 1. The monoisotopic (exact) mass is 421 g/mol. The fourth-order valence-electron chi connectivity index (χ4n) is 4.02. The van der Waals surface area contributed by atoms with Gasteiger partial charge >= 0.3 is 5.69 Å². The van der Waals surface area contributed by atoms with Crippen LogP contribution in [0.5, 0.6) is 0 Å². The number of carbonyl (C=O) groups excluding carboxylic acids is 1. The number of aryl methyl sites for hydroxylation is 1. The number of nitrogens with one attached hydrogen (secondary N) is 2. The van der Waals surface area contributed by atoms with Gasteiger partial charge in [0.2, 0.25) is 0 Å². The van der Waals surface area contributed by atoms with Gasteiger partial charge in [-0.2, -0.15) is 0 Å². The highest BCUT2D eigenvalue weighted by atomic mass is 35.5. The van der Waals surface area contributed by atoms with Gasteiger partial charge in [-0.3, -0.25) is 19.1 Å². The molecule has 0 saturated heterocycles. The lowest BCUT2D eigenvalue weighted by atomic mass is 9.91. The highest BCUT2D eigenvalue weighted by molar-refractivity contribution is 6.05. The number of fused-ring (bicyclic) bond motifs is 1. The molecule has 158 valence electrons. The second-order valence-electron chi connectivity index (χ2n) is 8.06. The lowest BCUT2D eigenvalue weighted by Gasteiger charge is -2.27. The number of H-pyrrole nitrogens is 1. The van der Waals surface area contributed by atoms with E-state index in [9.17, 15) is 14.4 Å². The quantitative estimate of drug-likeness (QED) is 0.679. The molecule has 0 radical (unpaired) electrons. The maximum atomic E-state index is 13.1. The Balaban J connectivity index is 0.00000240. The number of aromatic nitrogens is 3. The van der Waals surface area contributed by atoms with Crippen LogP contribution in [0.1, 0.15) is 73.8 Å². The van der Waals surface area contributed by atoms with Crippen LogP contribution in [-0.2, 0) is 6.54 Å². The second-order valence-corrected chi connectivity index (χ2v) is 8.06. The topological polar surface area (TPSA) is 123 Å². The molecular formula is C20H28ClN5O3. The number of nitrogens with zero attached hydrogens (tertiary/aromatic N) is 2. The smallest absolute Gasteiger partial charge is 0.329 e. The molecule has 2 fully saturated rings. The van der Waals surface area contributed by atoms with Gasteiger partial charge in [0.05, 0.1) is 10.9 Å². The van der Waals surface area contributed by atoms with Crippen molar-refractivity contribution in [3.05, 3.63) is 38.2 Å². The summed E-state index contributed by atoms with van der Waals surface area (Å²) in [5, 5.41) is 3.26. The van der Waals surface area contributed by atoms with Crippen LogP contribution in [0, 0.1) is 0 Å². The Morgan fingerprint density at radius 2 is 1.93 bits per heavy atom. The molecule has 0 aliphatic heterocycles. The molecule has 2 heterocycles. The van der Waals surface area contributed by atoms with Gasteiger partial charge in [0.1, 0.15) is 0 Å². The van der Waals surface area contributed by atoms with Gasteiger partial charge in [-0.05, 0) is 51.0 Å². The van der Waals surface area contributed by atoms with E-state index in [1.165, 1.54) is 4.57 Å². The molecule has 2 aromatic rings. The lowest BCUT2D eigenvalue weighted by molar-refractivity contribution is 0.0927. The molecule has 8 nitrogen and oxygen atoms in total. The van der Waals surface area contributed by atoms with Crippen molar-refractivity contribution in [2.24, 2.45) is 5.73 Å². The van der Waals surface area contributed by atoms with Gasteiger partial charge in [-0.25, -0.2) is 9.78 Å². The summed E-state index contributed by atoms with van der Waals surface area (Å²) in [4.78, 5) is 45.0. The van der Waals surface area contributed by atoms with Gasteiger partial charge in [-0.1, -0.05) is 6.92 Å². The van der Waals surface area contributed by atoms with Crippen molar-refractivity contribution < 1.29 is 4.79 Å². The lowest BCUT2D eigenvalue weighted by Crippen LogP contribution is -2.41. The molecule has 29 heavy (non-hydrogen) atoms. The number of halogens is 1. The molecule has 9 heteroatoms. The maximum Gasteiger partial charge on any atom is 0.329 e. The predicted molar refractivity (Wildman–Crippen MR) is 114 cm³/mol. The third-order valence-electron chi connectivity index (χ3n) is 5.76. The summed E-state index contributed by atoms with van der Waals surface area (Å²) in [6, 6.07) is 1.99. The molecule has 4 rings (SSSR count). The largest absolute Gasteiger partial charge is 0.349 e. The van der Waals surface area contributed by atoms with E-state index in [4.69, 9.17) is 5.73 Å². The van der Waals surface area contributed by atoms with Gasteiger partial charge in [0.15, 0.2) is 5.65 Å². The minimum Gasteiger partial charge on any atom is -0.349 e. The Kier molecular flexibility index (Phi) is 6.43. The first-order valence-corrected chi connectivity index (χ1v) is 10.2. The summed E-state index contributed by atoms with van der Waals surface area (Å²) in [6.07, 6.45) is 6.19. The van der Waals surface area contributed by atoms with E-state index < -0.39 is 11.2 Å². The zero-order valence-electron chi connectivity index (χ0n) is 16.6. The Morgan fingerprint density at radius 3 is 2.55 bits per heavy atom. The summed E-state index contributed by atoms with van der Waals surface area (Å²) >= 11 is 0. The zero-order chi connectivity index (χ0) is 19.8. The highest BCUT2D eigenvalue weighted by Crippen LogP contribution is 2.40. The van der Waals surface area contributed by atoms with E-state index in [1.807, 2.05) is 6.92 Å². The van der Waals surface area contributed by atoms with Crippen LogP contribution in [0.15, 0.2) is 15.7 Å². The normalized spacial score (nSPS) is 21.6. The number of amides is 1. The minimum atomic E-state index is -0.557. The fourth-order valence-corrected chi connectivity index (χ4v) is 4.02. The van der Waals surface area contributed by atoms with E-state index in [0.717, 1.165) is 50.6 Å². The van der Waals surface area contributed by atoms with E-state index in [-0.39, 0.29) is 35.8 Å². The summed E-state index contributed by atoms with van der Waals surface area (Å²) in [5.41, 5.74) is 6.34. The standard InChI is InChI=1S/C20H27N5O3.ClH/c1-2-9-25-17-16(19(27)24-20(25)28)14(10-15(23-17)11-3-4-11)18(26)22-13-7-5-12(21)6-8-13;/h10-13H,2-9,21H2,1H3,(H,22,26)(H,24,27,28);1H. The van der Waals surface area contributed by atoms with Crippen LogP contribution in [0.4, 0.5) is 0 Å². The number of hydrogen-bond donors (Lipinski definition) is 3. The first-order chi connectivity index (χ1) is 13.5. The van der Waals surface area contributed by atoms with Crippen LogP contribution in [0.3, 0.4) is 0 Å². The van der Waals surface area contributed by atoms with Crippen LogP contribution < -0.4 is 22.3 Å². The molecule has 2 saturated carbocycles. The van der Waals surface area contributed by atoms with Gasteiger partial charge in [-0.15, -0.1) is 12.4 Å². The molecule has 0 aromatic carbocycles. The van der Waals surface area contributed by atoms with E-state index >= 15 is 0 Å². The number of rotatable bonds is 5. The third-order valence-corrected chi connectivity index (χ3v) is 5.76. The highest BCUT2D eigenvalue weighted by Gasteiger charge is 2.29. The zero-order valence-corrected chi connectivity index (χ0v) is 17.4. The van der Waals surface area contributed by atoms with Crippen molar-refractivity contribution >= 4 is 29.3 Å². The summed E-state index contributed by atoms with van der Waals surface area (Å²) < 4.78 is 1.47. The van der Waals surface area contributed by atoms with Crippen molar-refractivity contribution in [1.29, 1.82) is 0 Å². The fraction of sp³-hybridized carbons (Fsp3) is 0.600. The molecule has 0 spiro atoms. The van der Waals surface area contributed by atoms with Gasteiger partial charge in [0.25, 0.3) is 11.5 Å². The van der Waals surface area contributed by atoms with Crippen LogP contribution >= 0.6 is 12.4 Å². The summed E-state index contributed by atoms with van der Waals surface area (Å²) in [7, 11) is 0. The molecule has 0 unspecified atom stereocenters.